The van der Waals surface area contributed by atoms with Gasteiger partial charge in [-0.2, -0.15) is 15.0 Å². The first-order valence-electron chi connectivity index (χ1n) is 13.1. The van der Waals surface area contributed by atoms with E-state index in [1.807, 2.05) is 40.7 Å². The van der Waals surface area contributed by atoms with E-state index >= 15 is 0 Å². The zero-order valence-electron chi connectivity index (χ0n) is 23.1. The van der Waals surface area contributed by atoms with Crippen molar-refractivity contribution in [2.24, 2.45) is 0 Å². The van der Waals surface area contributed by atoms with Gasteiger partial charge in [0.1, 0.15) is 17.4 Å². The van der Waals surface area contributed by atoms with E-state index in [1.54, 1.807) is 34.0 Å². The van der Waals surface area contributed by atoms with Crippen molar-refractivity contribution >= 4 is 22.8 Å². The van der Waals surface area contributed by atoms with Crippen molar-refractivity contribution in [2.75, 3.05) is 18.4 Å². The molecule has 13 nitrogen and oxygen atoms in total. The third kappa shape index (κ3) is 5.57. The average molecular weight is 545 g/mol. The number of carbonyl (C=O) groups excluding carboxylic acids is 1. The van der Waals surface area contributed by atoms with Crippen LogP contribution in [0.15, 0.2) is 36.9 Å². The van der Waals surface area contributed by atoms with Crippen LogP contribution in [0.5, 0.6) is 0 Å². The van der Waals surface area contributed by atoms with Crippen molar-refractivity contribution in [3.05, 3.63) is 42.5 Å². The molecule has 2 atom stereocenters. The van der Waals surface area contributed by atoms with Crippen LogP contribution in [0.25, 0.3) is 28.1 Å². The predicted molar refractivity (Wildman–Crippen MR) is 147 cm³/mol. The van der Waals surface area contributed by atoms with Crippen LogP contribution in [0, 0.1) is 11.3 Å². The van der Waals surface area contributed by atoms with Gasteiger partial charge in [-0.25, -0.2) is 19.4 Å². The summed E-state index contributed by atoms with van der Waals surface area (Å²) in [5.41, 5.74) is 2.55. The molecule has 2 N–H and O–H groups in total. The summed E-state index contributed by atoms with van der Waals surface area (Å²) < 4.78 is 8.72. The van der Waals surface area contributed by atoms with Crippen LogP contribution in [0.4, 0.5) is 10.5 Å². The smallest absolute Gasteiger partial charge is 0.410 e. The van der Waals surface area contributed by atoms with Crippen LogP contribution in [-0.4, -0.2) is 81.7 Å². The van der Waals surface area contributed by atoms with Gasteiger partial charge in [-0.3, -0.25) is 0 Å². The van der Waals surface area contributed by atoms with Gasteiger partial charge in [0, 0.05) is 47.7 Å². The molecule has 208 valence electrons. The summed E-state index contributed by atoms with van der Waals surface area (Å²) in [6.07, 6.45) is 5.88. The number of nitrogens with zero attached hydrogens (tertiary/aromatic N) is 9. The Labute approximate surface area is 231 Å². The van der Waals surface area contributed by atoms with Crippen LogP contribution >= 0.6 is 0 Å². The highest BCUT2D eigenvalue weighted by Gasteiger charge is 2.34. The van der Waals surface area contributed by atoms with Crippen LogP contribution < -0.4 is 5.32 Å². The molecule has 0 aliphatic carbocycles. The Bertz CT molecular complexity index is 1580. The number of fused-ring (bicyclic) bond motifs is 1. The number of piperidine rings is 1. The van der Waals surface area contributed by atoms with Gasteiger partial charge >= 0.3 is 6.09 Å². The second kappa shape index (κ2) is 10.5. The standard InChI is InChI=1S/C27H32N10O3/c1-16(2)32-20-9-24(37-25-18(12-31-37)8-17(10-28)11-30-25)29-13-19(20)21-14-36(34-33-21)22-6-7-35(15-23(22)38)26(39)40-27(3,4)5/h8-9,11-14,16,22-23,38H,6-7,15H2,1-5H3,(H,29,32). The molecule has 1 amide bonds. The first-order valence-corrected chi connectivity index (χ1v) is 13.1. The minimum Gasteiger partial charge on any atom is -0.444 e. The number of β-amino-alcohol motifs (C(OH)–C–C–N with tert-alkyl or cyclic N) is 1. The molecule has 40 heavy (non-hydrogen) atoms. The third-order valence-electron chi connectivity index (χ3n) is 6.41. The first kappa shape index (κ1) is 27.0. The lowest BCUT2D eigenvalue weighted by atomic mass is 10.0. The molecule has 0 aromatic carbocycles. The van der Waals surface area contributed by atoms with Crippen molar-refractivity contribution in [3.8, 4) is 23.1 Å². The molecule has 13 heteroatoms. The lowest BCUT2D eigenvalue weighted by Crippen LogP contribution is -2.48. The number of carbonyl (C=O) groups is 1. The SMILES string of the molecule is CC(C)Nc1cc(-n2ncc3cc(C#N)cnc32)ncc1-c1cn(C2CCN(C(=O)OC(C)(C)C)CC2O)nn1. The van der Waals surface area contributed by atoms with E-state index in [9.17, 15) is 9.90 Å². The fourth-order valence-corrected chi connectivity index (χ4v) is 4.63. The Kier molecular flexibility index (Phi) is 7.12. The molecule has 2 unspecified atom stereocenters. The van der Waals surface area contributed by atoms with Gasteiger partial charge in [0.15, 0.2) is 11.5 Å². The Morgan fingerprint density at radius 1 is 1.23 bits per heavy atom. The second-order valence-corrected chi connectivity index (χ2v) is 11.1. The highest BCUT2D eigenvalue weighted by molar-refractivity contribution is 5.79. The fraction of sp³-hybridized carbons (Fsp3) is 0.444. The summed E-state index contributed by atoms with van der Waals surface area (Å²) in [4.78, 5) is 23.0. The summed E-state index contributed by atoms with van der Waals surface area (Å²) in [5.74, 6) is 0.552. The zero-order valence-corrected chi connectivity index (χ0v) is 23.1. The average Bonchev–Trinajstić information content (AvgIpc) is 3.54. The molecule has 0 radical (unpaired) electrons. The van der Waals surface area contributed by atoms with Crippen molar-refractivity contribution in [2.45, 2.75) is 64.8 Å². The number of amides is 1. The number of likely N-dealkylation sites (tertiary alicyclic amines) is 1. The van der Waals surface area contributed by atoms with Crippen LogP contribution in [0.2, 0.25) is 0 Å². The molecular weight excluding hydrogens is 512 g/mol. The van der Waals surface area contributed by atoms with Crippen molar-refractivity contribution in [1.82, 2.24) is 39.6 Å². The van der Waals surface area contributed by atoms with E-state index < -0.39 is 17.8 Å². The molecule has 4 aromatic heterocycles. The number of nitrogens with one attached hydrogen (secondary N) is 1. The monoisotopic (exact) mass is 544 g/mol. The van der Waals surface area contributed by atoms with Gasteiger partial charge in [-0.15, -0.1) is 5.10 Å². The van der Waals surface area contributed by atoms with Gasteiger partial charge < -0.3 is 20.1 Å². The lowest BCUT2D eigenvalue weighted by Gasteiger charge is -2.36. The van der Waals surface area contributed by atoms with E-state index in [2.05, 4.69) is 36.8 Å². The maximum Gasteiger partial charge on any atom is 0.410 e. The molecule has 0 spiro atoms. The third-order valence-corrected chi connectivity index (χ3v) is 6.41. The van der Waals surface area contributed by atoms with E-state index in [0.717, 1.165) is 16.6 Å². The fourth-order valence-electron chi connectivity index (χ4n) is 4.63. The van der Waals surface area contributed by atoms with Crippen molar-refractivity contribution < 1.29 is 14.6 Å². The number of nitriles is 1. The van der Waals surface area contributed by atoms with Gasteiger partial charge in [0.05, 0.1) is 36.6 Å². The van der Waals surface area contributed by atoms with Crippen LogP contribution in [0.3, 0.4) is 0 Å². The predicted octanol–water partition coefficient (Wildman–Crippen LogP) is 3.31. The summed E-state index contributed by atoms with van der Waals surface area (Å²) in [5, 5.41) is 37.3. The minimum atomic E-state index is -0.827. The Morgan fingerprint density at radius 2 is 2.02 bits per heavy atom. The largest absolute Gasteiger partial charge is 0.444 e. The molecule has 5 heterocycles. The number of aromatic nitrogens is 7. The zero-order chi connectivity index (χ0) is 28.6. The Balaban J connectivity index is 1.39. The summed E-state index contributed by atoms with van der Waals surface area (Å²) >= 11 is 0. The number of rotatable bonds is 5. The van der Waals surface area contributed by atoms with Crippen LogP contribution in [0.1, 0.15) is 52.6 Å². The maximum atomic E-state index is 12.5. The molecule has 1 fully saturated rings. The lowest BCUT2D eigenvalue weighted by molar-refractivity contribution is -0.0120. The molecule has 1 aliphatic heterocycles. The molecule has 1 saturated heterocycles. The van der Waals surface area contributed by atoms with E-state index in [1.165, 1.54) is 11.1 Å². The van der Waals surface area contributed by atoms with E-state index in [0.29, 0.717) is 35.7 Å². The number of hydrogen-bond donors (Lipinski definition) is 2. The van der Waals surface area contributed by atoms with Gasteiger partial charge in [0.25, 0.3) is 0 Å². The number of aliphatic hydroxyl groups excluding tert-OH is 1. The number of aliphatic hydroxyl groups is 1. The summed E-state index contributed by atoms with van der Waals surface area (Å²) in [7, 11) is 0. The molecular formula is C27H32N10O3. The number of hydrogen-bond acceptors (Lipinski definition) is 10. The quantitative estimate of drug-likeness (QED) is 0.381. The molecule has 1 aliphatic rings. The molecule has 4 aromatic rings. The molecule has 0 bridgehead atoms. The van der Waals surface area contributed by atoms with Gasteiger partial charge in [-0.05, 0) is 47.1 Å². The van der Waals surface area contributed by atoms with Gasteiger partial charge in [0.2, 0.25) is 0 Å². The normalized spacial score (nSPS) is 17.7. The number of ether oxygens (including phenoxy) is 1. The first-order chi connectivity index (χ1) is 19.0. The van der Waals surface area contributed by atoms with Crippen LogP contribution in [-0.2, 0) is 4.74 Å². The topological polar surface area (TPSA) is 160 Å². The van der Waals surface area contributed by atoms with E-state index in [4.69, 9.17) is 10.00 Å². The summed E-state index contributed by atoms with van der Waals surface area (Å²) in [6, 6.07) is 5.47. The highest BCUT2D eigenvalue weighted by atomic mass is 16.6. The highest BCUT2D eigenvalue weighted by Crippen LogP contribution is 2.31. The van der Waals surface area contributed by atoms with Crippen molar-refractivity contribution in [3.63, 3.8) is 0 Å². The minimum absolute atomic E-state index is 0.119. The number of anilines is 1. The summed E-state index contributed by atoms with van der Waals surface area (Å²) in [6.45, 7) is 10.1. The van der Waals surface area contributed by atoms with Gasteiger partial charge in [-0.1, -0.05) is 5.21 Å². The Morgan fingerprint density at radius 3 is 2.73 bits per heavy atom. The van der Waals surface area contributed by atoms with Crippen molar-refractivity contribution in [1.29, 1.82) is 5.26 Å². The maximum absolute atomic E-state index is 12.5. The second-order valence-electron chi connectivity index (χ2n) is 11.1. The van der Waals surface area contributed by atoms with E-state index in [-0.39, 0.29) is 18.6 Å². The number of pyridine rings is 2. The molecule has 0 saturated carbocycles. The molecule has 5 rings (SSSR count). The Hall–Kier alpha value is -4.57.